The Hall–Kier alpha value is -3.08. The van der Waals surface area contributed by atoms with Crippen molar-refractivity contribution < 1.29 is 9.53 Å². The number of carbonyl (C=O) groups excluding carboxylic acids is 1. The maximum absolute atomic E-state index is 12.2. The lowest BCUT2D eigenvalue weighted by atomic mass is 10.1. The van der Waals surface area contributed by atoms with Crippen LogP contribution in [0.25, 0.3) is 10.9 Å². The van der Waals surface area contributed by atoms with Gasteiger partial charge in [0.2, 0.25) is 5.91 Å². The summed E-state index contributed by atoms with van der Waals surface area (Å²) in [5.74, 6) is 0.655. The molecule has 3 rings (SSSR count). The lowest BCUT2D eigenvalue weighted by Crippen LogP contribution is -2.14. The zero-order valence-corrected chi connectivity index (χ0v) is 17.0. The predicted molar refractivity (Wildman–Crippen MR) is 116 cm³/mol. The van der Waals surface area contributed by atoms with Crippen LogP contribution in [0.2, 0.25) is 0 Å². The Morgan fingerprint density at radius 3 is 2.71 bits per heavy atom. The van der Waals surface area contributed by atoms with Crippen LogP contribution in [-0.2, 0) is 4.79 Å². The first-order chi connectivity index (χ1) is 13.5. The first-order valence-electron chi connectivity index (χ1n) is 9.61. The number of benzene rings is 2. The Balaban J connectivity index is 1.97. The van der Waals surface area contributed by atoms with Crippen LogP contribution in [0.1, 0.15) is 31.9 Å². The number of pyridine rings is 1. The van der Waals surface area contributed by atoms with Gasteiger partial charge in [-0.1, -0.05) is 31.5 Å². The molecule has 0 aliphatic rings. The van der Waals surface area contributed by atoms with Gasteiger partial charge in [-0.3, -0.25) is 9.78 Å². The van der Waals surface area contributed by atoms with Crippen molar-refractivity contribution in [3.05, 3.63) is 54.2 Å². The van der Waals surface area contributed by atoms with Crippen molar-refractivity contribution in [3.63, 3.8) is 0 Å². The molecule has 0 spiro atoms. The SMILES string of the molecule is CCCCC(=O)Nc1cc(N(C)c2cc(C)nc3ccccc23)ccc1OC. The second-order valence-corrected chi connectivity index (χ2v) is 6.90. The summed E-state index contributed by atoms with van der Waals surface area (Å²) < 4.78 is 5.44. The number of fused-ring (bicyclic) bond motifs is 1. The van der Waals surface area contributed by atoms with Crippen LogP contribution < -0.4 is 15.0 Å². The third kappa shape index (κ3) is 4.25. The van der Waals surface area contributed by atoms with Gasteiger partial charge in [0.15, 0.2) is 0 Å². The third-order valence-electron chi connectivity index (χ3n) is 4.79. The zero-order valence-electron chi connectivity index (χ0n) is 17.0. The normalized spacial score (nSPS) is 10.7. The second-order valence-electron chi connectivity index (χ2n) is 6.90. The molecular weight excluding hydrogens is 350 g/mol. The molecule has 0 unspecified atom stereocenters. The fourth-order valence-corrected chi connectivity index (χ4v) is 3.25. The number of nitrogens with zero attached hydrogens (tertiary/aromatic N) is 2. The van der Waals surface area contributed by atoms with Crippen LogP contribution in [0.15, 0.2) is 48.5 Å². The summed E-state index contributed by atoms with van der Waals surface area (Å²) in [4.78, 5) is 19.0. The molecular formula is C23H27N3O2. The van der Waals surface area contributed by atoms with Gasteiger partial charge in [-0.25, -0.2) is 0 Å². The van der Waals surface area contributed by atoms with Crippen molar-refractivity contribution in [2.24, 2.45) is 0 Å². The molecule has 3 aromatic rings. The number of unbranched alkanes of at least 4 members (excludes halogenated alkanes) is 1. The highest BCUT2D eigenvalue weighted by molar-refractivity contribution is 5.96. The number of para-hydroxylation sites is 1. The number of methoxy groups -OCH3 is 1. The van der Waals surface area contributed by atoms with Crippen LogP contribution >= 0.6 is 0 Å². The summed E-state index contributed by atoms with van der Waals surface area (Å²) in [6.45, 7) is 4.07. The number of carbonyl (C=O) groups is 1. The maximum Gasteiger partial charge on any atom is 0.224 e. The Kier molecular flexibility index (Phi) is 6.14. The number of amides is 1. The first kappa shape index (κ1) is 19.7. The van der Waals surface area contributed by atoms with Crippen molar-refractivity contribution in [1.29, 1.82) is 0 Å². The van der Waals surface area contributed by atoms with Gasteiger partial charge in [-0.15, -0.1) is 0 Å². The number of aryl methyl sites for hydroxylation is 1. The number of rotatable bonds is 7. The molecule has 28 heavy (non-hydrogen) atoms. The third-order valence-corrected chi connectivity index (χ3v) is 4.79. The fourth-order valence-electron chi connectivity index (χ4n) is 3.25. The van der Waals surface area contributed by atoms with Gasteiger partial charge in [-0.2, -0.15) is 0 Å². The molecule has 0 radical (unpaired) electrons. The number of nitrogens with one attached hydrogen (secondary N) is 1. The molecule has 1 amide bonds. The Bertz CT molecular complexity index is 985. The van der Waals surface area contributed by atoms with E-state index in [0.29, 0.717) is 17.9 Å². The molecule has 0 aliphatic carbocycles. The quantitative estimate of drug-likeness (QED) is 0.595. The smallest absolute Gasteiger partial charge is 0.224 e. The lowest BCUT2D eigenvalue weighted by molar-refractivity contribution is -0.116. The molecule has 2 aromatic carbocycles. The predicted octanol–water partition coefficient (Wildman–Crippen LogP) is 5.45. The molecule has 5 heteroatoms. The van der Waals surface area contributed by atoms with Crippen molar-refractivity contribution in [3.8, 4) is 5.75 Å². The average molecular weight is 377 g/mol. The number of hydrogen-bond acceptors (Lipinski definition) is 4. The summed E-state index contributed by atoms with van der Waals surface area (Å²) in [6.07, 6.45) is 2.37. The zero-order chi connectivity index (χ0) is 20.1. The van der Waals surface area contributed by atoms with Gasteiger partial charge in [0.25, 0.3) is 0 Å². The average Bonchev–Trinajstić information content (AvgIpc) is 2.71. The summed E-state index contributed by atoms with van der Waals surface area (Å²) in [6, 6.07) is 16.0. The van der Waals surface area contributed by atoms with E-state index in [1.807, 2.05) is 50.4 Å². The molecule has 0 fully saturated rings. The van der Waals surface area contributed by atoms with Gasteiger partial charge in [0.05, 0.1) is 24.0 Å². The molecule has 0 saturated carbocycles. The van der Waals surface area contributed by atoms with Crippen molar-refractivity contribution in [1.82, 2.24) is 4.98 Å². The Morgan fingerprint density at radius 2 is 1.96 bits per heavy atom. The van der Waals surface area contributed by atoms with E-state index in [4.69, 9.17) is 4.74 Å². The molecule has 1 heterocycles. The van der Waals surface area contributed by atoms with E-state index in [1.165, 1.54) is 0 Å². The molecule has 0 saturated heterocycles. The topological polar surface area (TPSA) is 54.5 Å². The van der Waals surface area contributed by atoms with Crippen molar-refractivity contribution in [2.75, 3.05) is 24.4 Å². The monoisotopic (exact) mass is 377 g/mol. The second kappa shape index (κ2) is 8.74. The van der Waals surface area contributed by atoms with E-state index < -0.39 is 0 Å². The van der Waals surface area contributed by atoms with E-state index in [-0.39, 0.29) is 5.91 Å². The lowest BCUT2D eigenvalue weighted by Gasteiger charge is -2.23. The van der Waals surface area contributed by atoms with Crippen LogP contribution in [0.3, 0.4) is 0 Å². The summed E-state index contributed by atoms with van der Waals surface area (Å²) in [5.41, 5.74) is 4.63. The number of ether oxygens (including phenoxy) is 1. The molecule has 5 nitrogen and oxygen atoms in total. The summed E-state index contributed by atoms with van der Waals surface area (Å²) in [7, 11) is 3.63. The molecule has 1 aromatic heterocycles. The molecule has 146 valence electrons. The number of aromatic nitrogens is 1. The highest BCUT2D eigenvalue weighted by Crippen LogP contribution is 2.35. The number of anilines is 3. The van der Waals surface area contributed by atoms with Crippen LogP contribution in [-0.4, -0.2) is 25.0 Å². The van der Waals surface area contributed by atoms with Crippen LogP contribution in [0.4, 0.5) is 17.1 Å². The minimum absolute atomic E-state index is 0.00478. The van der Waals surface area contributed by atoms with Gasteiger partial charge < -0.3 is 15.0 Å². The van der Waals surface area contributed by atoms with E-state index in [1.54, 1.807) is 7.11 Å². The number of hydrogen-bond donors (Lipinski definition) is 1. The van der Waals surface area contributed by atoms with E-state index in [0.717, 1.165) is 40.8 Å². The summed E-state index contributed by atoms with van der Waals surface area (Å²) >= 11 is 0. The Labute approximate surface area is 166 Å². The van der Waals surface area contributed by atoms with Gasteiger partial charge in [0.1, 0.15) is 5.75 Å². The summed E-state index contributed by atoms with van der Waals surface area (Å²) in [5, 5.41) is 4.07. The van der Waals surface area contributed by atoms with Gasteiger partial charge in [-0.05, 0) is 43.7 Å². The van der Waals surface area contributed by atoms with Crippen LogP contribution in [0, 0.1) is 6.92 Å². The standard InChI is InChI=1S/C23H27N3O2/c1-5-6-11-23(27)25-20-15-17(12-13-22(20)28-4)26(3)21-14-16(2)24-19-10-8-7-9-18(19)21/h7-10,12-15H,5-6,11H2,1-4H3,(H,25,27). The largest absolute Gasteiger partial charge is 0.495 e. The minimum Gasteiger partial charge on any atom is -0.495 e. The Morgan fingerprint density at radius 1 is 1.18 bits per heavy atom. The molecule has 0 aliphatic heterocycles. The van der Waals surface area contributed by atoms with Gasteiger partial charge >= 0.3 is 0 Å². The maximum atomic E-state index is 12.2. The molecule has 1 N–H and O–H groups in total. The fraction of sp³-hybridized carbons (Fsp3) is 0.304. The van der Waals surface area contributed by atoms with Gasteiger partial charge in [0, 0.05) is 30.2 Å². The molecule has 0 atom stereocenters. The first-order valence-corrected chi connectivity index (χ1v) is 9.61. The van der Waals surface area contributed by atoms with E-state index >= 15 is 0 Å². The highest BCUT2D eigenvalue weighted by atomic mass is 16.5. The van der Waals surface area contributed by atoms with E-state index in [9.17, 15) is 4.79 Å². The highest BCUT2D eigenvalue weighted by Gasteiger charge is 2.14. The van der Waals surface area contributed by atoms with E-state index in [2.05, 4.69) is 34.3 Å². The van der Waals surface area contributed by atoms with Crippen molar-refractivity contribution >= 4 is 33.9 Å². The van der Waals surface area contributed by atoms with Crippen molar-refractivity contribution in [2.45, 2.75) is 33.1 Å². The minimum atomic E-state index is 0.00478. The van der Waals surface area contributed by atoms with Crippen LogP contribution in [0.5, 0.6) is 5.75 Å². The molecule has 0 bridgehead atoms.